The van der Waals surface area contributed by atoms with Crippen molar-refractivity contribution in [3.05, 3.63) is 78.5 Å². The first-order valence-corrected chi connectivity index (χ1v) is 13.9. The molecule has 0 spiro atoms. The van der Waals surface area contributed by atoms with Crippen molar-refractivity contribution < 1.29 is 95.3 Å². The van der Waals surface area contributed by atoms with Crippen LogP contribution < -0.4 is 76.2 Å². The summed E-state index contributed by atoms with van der Waals surface area (Å²) in [5.74, 6) is -2.26. The molecule has 3 N–H and O–H groups in total. The van der Waals surface area contributed by atoms with Crippen LogP contribution in [0.15, 0.2) is 66.9 Å². The standard InChI is InChI=1S/C32H29F2N3O7.K.H/c1-2-42-27-17-22-24(18-28(27)43-15-3-4-29(38)39)35-14-11-25(22)44-26-10-9-21(16-23(26)34)37-31(41)32(12-13-32)30(40)36-20-7-5-19(33)6-8-20;;/h5-11,14,16-18H,2-4,12-13,15H2,1H3,(H,36,40)(H,37,41)(H,38,39);;/q;+1;-1. The van der Waals surface area contributed by atoms with Gasteiger partial charge in [-0.3, -0.25) is 19.4 Å². The molecule has 2 amide bonds. The number of halogens is 2. The van der Waals surface area contributed by atoms with E-state index < -0.39 is 34.8 Å². The number of benzene rings is 3. The van der Waals surface area contributed by atoms with E-state index in [-0.39, 0.29) is 77.3 Å². The molecule has 0 atom stereocenters. The molecule has 1 heterocycles. The third kappa shape index (κ3) is 8.35. The average molecular weight is 646 g/mol. The second-order valence-electron chi connectivity index (χ2n) is 10.1. The molecule has 1 aliphatic carbocycles. The number of hydrogen-bond acceptors (Lipinski definition) is 7. The zero-order valence-electron chi connectivity index (χ0n) is 25.7. The monoisotopic (exact) mass is 645 g/mol. The molecule has 1 saturated carbocycles. The van der Waals surface area contributed by atoms with Crippen molar-refractivity contribution in [1.82, 2.24) is 4.98 Å². The number of anilines is 2. The van der Waals surface area contributed by atoms with E-state index in [0.29, 0.717) is 59.7 Å². The molecule has 1 aromatic heterocycles. The van der Waals surface area contributed by atoms with E-state index >= 15 is 4.39 Å². The van der Waals surface area contributed by atoms with Crippen LogP contribution in [0.25, 0.3) is 10.9 Å². The summed E-state index contributed by atoms with van der Waals surface area (Å²) < 4.78 is 45.7. The van der Waals surface area contributed by atoms with E-state index in [1.54, 1.807) is 25.1 Å². The van der Waals surface area contributed by atoms with Gasteiger partial charge in [0.25, 0.3) is 0 Å². The Morgan fingerprint density at radius 3 is 2.20 bits per heavy atom. The SMILES string of the molecule is CCOc1cc2c(Oc3ccc(NC(=O)C4(C(=O)Nc5ccc(F)cc5)CC4)cc3F)ccnc2cc1OCCCC(=O)O.[H-].[K+]. The average Bonchev–Trinajstić information content (AvgIpc) is 3.81. The summed E-state index contributed by atoms with van der Waals surface area (Å²) in [5.41, 5.74) is -0.312. The fraction of sp³-hybridized carbons (Fsp3) is 0.250. The number of pyridine rings is 1. The van der Waals surface area contributed by atoms with Crippen molar-refractivity contribution in [2.75, 3.05) is 23.8 Å². The van der Waals surface area contributed by atoms with Crippen LogP contribution in [-0.2, 0) is 14.4 Å². The number of aliphatic carboxylic acids is 1. The summed E-state index contributed by atoms with van der Waals surface area (Å²) in [4.78, 5) is 41.0. The van der Waals surface area contributed by atoms with E-state index in [1.807, 2.05) is 0 Å². The summed E-state index contributed by atoms with van der Waals surface area (Å²) in [6.07, 6.45) is 2.42. The van der Waals surface area contributed by atoms with Crippen LogP contribution in [0.2, 0.25) is 0 Å². The molecule has 10 nitrogen and oxygen atoms in total. The Bertz CT molecular complexity index is 1720. The third-order valence-electron chi connectivity index (χ3n) is 6.99. The number of carboxylic acids is 1. The number of fused-ring (bicyclic) bond motifs is 1. The Morgan fingerprint density at radius 2 is 1.56 bits per heavy atom. The van der Waals surface area contributed by atoms with Gasteiger partial charge in [-0.2, -0.15) is 0 Å². The van der Waals surface area contributed by atoms with Gasteiger partial charge in [-0.25, -0.2) is 8.78 Å². The Hall–Kier alpha value is -3.62. The molecule has 45 heavy (non-hydrogen) atoms. The first-order valence-electron chi connectivity index (χ1n) is 13.9. The number of carboxylic acid groups (broad SMARTS) is 1. The molecular weight excluding hydrogens is 615 g/mol. The smallest absolute Gasteiger partial charge is 1.00 e. The molecule has 0 aliphatic heterocycles. The minimum absolute atomic E-state index is 0. The zero-order chi connectivity index (χ0) is 31.3. The molecule has 0 unspecified atom stereocenters. The second kappa shape index (κ2) is 15.1. The maximum Gasteiger partial charge on any atom is 1.00 e. The quantitative estimate of drug-likeness (QED) is 0.114. The number of amides is 2. The van der Waals surface area contributed by atoms with Gasteiger partial charge >= 0.3 is 57.4 Å². The van der Waals surface area contributed by atoms with E-state index in [1.165, 1.54) is 42.6 Å². The molecule has 1 aliphatic rings. The Morgan fingerprint density at radius 1 is 0.889 bits per heavy atom. The second-order valence-corrected chi connectivity index (χ2v) is 10.1. The van der Waals surface area contributed by atoms with Crippen molar-refractivity contribution in [1.29, 1.82) is 0 Å². The number of carbonyl (C=O) groups excluding carboxylic acids is 2. The van der Waals surface area contributed by atoms with Crippen LogP contribution >= 0.6 is 0 Å². The molecule has 1 fully saturated rings. The van der Waals surface area contributed by atoms with Crippen molar-refractivity contribution in [3.63, 3.8) is 0 Å². The zero-order valence-corrected chi connectivity index (χ0v) is 27.8. The van der Waals surface area contributed by atoms with E-state index in [0.717, 1.165) is 6.07 Å². The first-order chi connectivity index (χ1) is 21.2. The summed E-state index contributed by atoms with van der Waals surface area (Å²) >= 11 is 0. The predicted molar refractivity (Wildman–Crippen MR) is 158 cm³/mol. The molecule has 13 heteroatoms. The van der Waals surface area contributed by atoms with Gasteiger partial charge in [0.15, 0.2) is 23.1 Å². The van der Waals surface area contributed by atoms with Crippen LogP contribution in [-0.4, -0.2) is 41.1 Å². The molecule has 3 aromatic carbocycles. The van der Waals surface area contributed by atoms with E-state index in [4.69, 9.17) is 19.3 Å². The minimum Gasteiger partial charge on any atom is -1.00 e. The third-order valence-corrected chi connectivity index (χ3v) is 6.99. The van der Waals surface area contributed by atoms with Gasteiger partial charge in [-0.15, -0.1) is 0 Å². The number of ether oxygens (including phenoxy) is 3. The summed E-state index contributed by atoms with van der Waals surface area (Å²) in [7, 11) is 0. The fourth-order valence-electron chi connectivity index (χ4n) is 4.50. The molecule has 0 saturated heterocycles. The molecule has 230 valence electrons. The Kier molecular flexibility index (Phi) is 11.5. The summed E-state index contributed by atoms with van der Waals surface area (Å²) in [6, 6.07) is 14.0. The number of rotatable bonds is 13. The molecule has 5 rings (SSSR count). The van der Waals surface area contributed by atoms with Crippen LogP contribution in [0.5, 0.6) is 23.0 Å². The van der Waals surface area contributed by atoms with Gasteiger partial charge in [0.05, 0.1) is 18.7 Å². The van der Waals surface area contributed by atoms with Crippen molar-refractivity contribution >= 4 is 40.1 Å². The van der Waals surface area contributed by atoms with E-state index in [2.05, 4.69) is 15.6 Å². The van der Waals surface area contributed by atoms with Gasteiger partial charge in [0, 0.05) is 41.5 Å². The number of hydrogen-bond donors (Lipinski definition) is 3. The molecular formula is C32H30F2KN3O7. The number of nitrogens with zero attached hydrogens (tertiary/aromatic N) is 1. The maximum atomic E-state index is 15.2. The van der Waals surface area contributed by atoms with Crippen LogP contribution in [0.1, 0.15) is 34.0 Å². The Balaban J connectivity index is 0.00000288. The topological polar surface area (TPSA) is 136 Å². The summed E-state index contributed by atoms with van der Waals surface area (Å²) in [6.45, 7) is 2.31. The minimum atomic E-state index is -1.30. The van der Waals surface area contributed by atoms with Crippen LogP contribution in [0.3, 0.4) is 0 Å². The number of aromatic nitrogens is 1. The normalized spacial score (nSPS) is 12.9. The number of nitrogens with one attached hydrogen (secondary N) is 2. The van der Waals surface area contributed by atoms with Gasteiger partial charge in [0.1, 0.15) is 17.0 Å². The van der Waals surface area contributed by atoms with Crippen molar-refractivity contribution in [3.8, 4) is 23.0 Å². The van der Waals surface area contributed by atoms with Crippen molar-refractivity contribution in [2.45, 2.75) is 32.6 Å². The Labute approximate surface area is 301 Å². The predicted octanol–water partition coefficient (Wildman–Crippen LogP) is 3.42. The van der Waals surface area contributed by atoms with Crippen LogP contribution in [0, 0.1) is 17.0 Å². The van der Waals surface area contributed by atoms with Crippen LogP contribution in [0.4, 0.5) is 20.2 Å². The molecule has 0 bridgehead atoms. The molecule has 0 radical (unpaired) electrons. The van der Waals surface area contributed by atoms with Gasteiger partial charge in [-0.1, -0.05) is 0 Å². The number of carbonyl (C=O) groups is 3. The maximum absolute atomic E-state index is 15.2. The molecule has 4 aromatic rings. The fourth-order valence-corrected chi connectivity index (χ4v) is 4.50. The van der Waals surface area contributed by atoms with Gasteiger partial charge in [0.2, 0.25) is 11.8 Å². The van der Waals surface area contributed by atoms with Gasteiger partial charge < -0.3 is 31.4 Å². The largest absolute Gasteiger partial charge is 1.00 e. The first kappa shape index (κ1) is 34.3. The van der Waals surface area contributed by atoms with Gasteiger partial charge in [-0.05, 0) is 74.7 Å². The summed E-state index contributed by atoms with van der Waals surface area (Å²) in [5, 5.41) is 14.6. The van der Waals surface area contributed by atoms with E-state index in [9.17, 15) is 18.8 Å². The van der Waals surface area contributed by atoms with Crippen molar-refractivity contribution in [2.24, 2.45) is 5.41 Å².